The molecule has 3 heterocycles. The van der Waals surface area contributed by atoms with Gasteiger partial charge in [0.1, 0.15) is 21.4 Å². The molecule has 3 aromatic heterocycles. The predicted octanol–water partition coefficient (Wildman–Crippen LogP) is 3.53. The summed E-state index contributed by atoms with van der Waals surface area (Å²) in [5, 5.41) is 11.9. The third-order valence-corrected chi connectivity index (χ3v) is 4.71. The van der Waals surface area contributed by atoms with Gasteiger partial charge < -0.3 is 4.57 Å². The zero-order valence-electron chi connectivity index (χ0n) is 12.0. The third kappa shape index (κ3) is 2.15. The van der Waals surface area contributed by atoms with Crippen LogP contribution in [0, 0.1) is 6.92 Å². The smallest absolute Gasteiger partial charge is 0.124 e. The Morgan fingerprint density at radius 2 is 2.09 bits per heavy atom. The van der Waals surface area contributed by atoms with Crippen molar-refractivity contribution in [3.8, 4) is 0 Å². The van der Waals surface area contributed by atoms with E-state index in [4.69, 9.17) is 16.6 Å². The molecule has 110 valence electrons. The van der Waals surface area contributed by atoms with E-state index < -0.39 is 0 Å². The van der Waals surface area contributed by atoms with E-state index in [1.807, 2.05) is 32.2 Å². The van der Waals surface area contributed by atoms with Crippen molar-refractivity contribution in [1.82, 2.24) is 24.7 Å². The van der Waals surface area contributed by atoms with Crippen LogP contribution >= 0.6 is 22.9 Å². The van der Waals surface area contributed by atoms with E-state index in [1.165, 1.54) is 0 Å². The molecule has 0 aliphatic heterocycles. The van der Waals surface area contributed by atoms with Crippen molar-refractivity contribution >= 4 is 44.9 Å². The number of imidazole rings is 1. The van der Waals surface area contributed by atoms with E-state index in [-0.39, 0.29) is 0 Å². The Balaban J connectivity index is 1.92. The molecule has 0 atom stereocenters. The van der Waals surface area contributed by atoms with Crippen LogP contribution in [-0.2, 0) is 13.5 Å². The second-order valence-electron chi connectivity index (χ2n) is 5.13. The van der Waals surface area contributed by atoms with Crippen molar-refractivity contribution in [2.24, 2.45) is 7.05 Å². The summed E-state index contributed by atoms with van der Waals surface area (Å²) in [7, 11) is 2.01. The average Bonchev–Trinajstić information content (AvgIpc) is 3.04. The number of benzene rings is 1. The first-order chi connectivity index (χ1) is 10.6. The largest absolute Gasteiger partial charge is 0.330 e. The fraction of sp³-hybridized carbons (Fsp3) is 0.200. The van der Waals surface area contributed by atoms with Gasteiger partial charge in [-0.2, -0.15) is 0 Å². The highest BCUT2D eigenvalue weighted by Crippen LogP contribution is 2.27. The molecule has 4 aromatic rings. The number of fused-ring (bicyclic) bond motifs is 3. The lowest BCUT2D eigenvalue weighted by molar-refractivity contribution is 0.833. The molecule has 0 bridgehead atoms. The number of pyridine rings is 1. The molecule has 0 spiro atoms. The van der Waals surface area contributed by atoms with Crippen LogP contribution in [0.1, 0.15) is 15.8 Å². The molecule has 1 aromatic carbocycles. The number of hydrogen-bond acceptors (Lipinski definition) is 5. The summed E-state index contributed by atoms with van der Waals surface area (Å²) >= 11 is 7.73. The maximum Gasteiger partial charge on any atom is 0.124 e. The van der Waals surface area contributed by atoms with Gasteiger partial charge in [-0.3, -0.25) is 4.98 Å². The average molecular weight is 330 g/mol. The summed E-state index contributed by atoms with van der Waals surface area (Å²) in [6, 6.07) is 5.72. The van der Waals surface area contributed by atoms with Crippen LogP contribution in [0.4, 0.5) is 0 Å². The van der Waals surface area contributed by atoms with Crippen LogP contribution in [0.15, 0.2) is 24.4 Å². The zero-order valence-corrected chi connectivity index (χ0v) is 13.6. The molecule has 0 unspecified atom stereocenters. The summed E-state index contributed by atoms with van der Waals surface area (Å²) < 4.78 is 2.09. The second-order valence-corrected chi connectivity index (χ2v) is 6.83. The Hall–Kier alpha value is -2.05. The predicted molar refractivity (Wildman–Crippen MR) is 88.5 cm³/mol. The first-order valence-electron chi connectivity index (χ1n) is 6.80. The third-order valence-electron chi connectivity index (χ3n) is 3.63. The molecule has 0 saturated carbocycles. The first-order valence-corrected chi connectivity index (χ1v) is 8.00. The van der Waals surface area contributed by atoms with E-state index in [0.717, 1.165) is 37.8 Å². The molecule has 0 aliphatic carbocycles. The first kappa shape index (κ1) is 13.6. The minimum Gasteiger partial charge on any atom is -0.330 e. The molecule has 0 N–H and O–H groups in total. The molecular weight excluding hydrogens is 318 g/mol. The lowest BCUT2D eigenvalue weighted by Crippen LogP contribution is -1.99. The maximum atomic E-state index is 6.14. The Kier molecular flexibility index (Phi) is 3.09. The SMILES string of the molecule is Cc1nnc(Cc2nc3cnc4ccc(Cl)cc4c3n2C)s1. The Bertz CT molecular complexity index is 1000. The van der Waals surface area contributed by atoms with Gasteiger partial charge in [-0.25, -0.2) is 4.98 Å². The van der Waals surface area contributed by atoms with Crippen LogP contribution in [0.5, 0.6) is 0 Å². The van der Waals surface area contributed by atoms with Crippen LogP contribution in [0.3, 0.4) is 0 Å². The van der Waals surface area contributed by atoms with E-state index in [0.29, 0.717) is 11.4 Å². The van der Waals surface area contributed by atoms with E-state index >= 15 is 0 Å². The molecule has 4 rings (SSSR count). The number of aryl methyl sites for hydroxylation is 2. The van der Waals surface area contributed by atoms with Gasteiger partial charge in [0.25, 0.3) is 0 Å². The molecule has 0 aliphatic rings. The van der Waals surface area contributed by atoms with Gasteiger partial charge in [-0.15, -0.1) is 21.5 Å². The highest BCUT2D eigenvalue weighted by Gasteiger charge is 2.14. The molecule has 7 heteroatoms. The quantitative estimate of drug-likeness (QED) is 0.564. The molecule has 0 saturated heterocycles. The lowest BCUT2D eigenvalue weighted by Gasteiger charge is -2.03. The number of hydrogen-bond donors (Lipinski definition) is 0. The van der Waals surface area contributed by atoms with Gasteiger partial charge in [0.05, 0.1) is 23.7 Å². The topological polar surface area (TPSA) is 56.5 Å². The second kappa shape index (κ2) is 5.00. The standard InChI is InChI=1S/C15H12ClN5S/c1-8-19-20-14(22-8)6-13-18-12-7-17-11-4-3-9(16)5-10(11)15(12)21(13)2/h3-5,7H,6H2,1-2H3. The fourth-order valence-electron chi connectivity index (χ4n) is 2.62. The van der Waals surface area contributed by atoms with Crippen LogP contribution in [0.2, 0.25) is 5.02 Å². The highest BCUT2D eigenvalue weighted by atomic mass is 35.5. The van der Waals surface area contributed by atoms with Gasteiger partial charge in [0.2, 0.25) is 0 Å². The van der Waals surface area contributed by atoms with Gasteiger partial charge in [0.15, 0.2) is 0 Å². The van der Waals surface area contributed by atoms with Crippen molar-refractivity contribution in [3.63, 3.8) is 0 Å². The van der Waals surface area contributed by atoms with Gasteiger partial charge >= 0.3 is 0 Å². The van der Waals surface area contributed by atoms with Gasteiger partial charge in [0, 0.05) is 17.5 Å². The summed E-state index contributed by atoms with van der Waals surface area (Å²) in [5.41, 5.74) is 2.83. The number of aromatic nitrogens is 5. The summed E-state index contributed by atoms with van der Waals surface area (Å²) in [5.74, 6) is 0.945. The number of rotatable bonds is 2. The fourth-order valence-corrected chi connectivity index (χ4v) is 3.50. The zero-order chi connectivity index (χ0) is 15.3. The molecular formula is C15H12ClN5S. The molecule has 0 fully saturated rings. The van der Waals surface area contributed by atoms with Crippen LogP contribution < -0.4 is 0 Å². The highest BCUT2D eigenvalue weighted by molar-refractivity contribution is 7.11. The van der Waals surface area contributed by atoms with E-state index in [9.17, 15) is 0 Å². The van der Waals surface area contributed by atoms with Crippen molar-refractivity contribution in [2.75, 3.05) is 0 Å². The Labute approximate surface area is 135 Å². The Morgan fingerprint density at radius 1 is 1.23 bits per heavy atom. The van der Waals surface area contributed by atoms with Gasteiger partial charge in [-0.1, -0.05) is 11.6 Å². The van der Waals surface area contributed by atoms with Crippen LogP contribution in [-0.4, -0.2) is 24.7 Å². The minimum absolute atomic E-state index is 0.665. The molecule has 22 heavy (non-hydrogen) atoms. The lowest BCUT2D eigenvalue weighted by atomic mass is 10.2. The number of nitrogens with zero attached hydrogens (tertiary/aromatic N) is 5. The van der Waals surface area contributed by atoms with Gasteiger partial charge in [-0.05, 0) is 25.1 Å². The summed E-state index contributed by atoms with van der Waals surface area (Å²) in [6.45, 7) is 1.95. The molecule has 0 radical (unpaired) electrons. The van der Waals surface area contributed by atoms with Crippen molar-refractivity contribution in [1.29, 1.82) is 0 Å². The summed E-state index contributed by atoms with van der Waals surface area (Å²) in [6.07, 6.45) is 2.47. The number of halogens is 1. The summed E-state index contributed by atoms with van der Waals surface area (Å²) in [4.78, 5) is 9.15. The molecule has 5 nitrogen and oxygen atoms in total. The Morgan fingerprint density at radius 3 is 2.86 bits per heavy atom. The van der Waals surface area contributed by atoms with Crippen molar-refractivity contribution < 1.29 is 0 Å². The maximum absolute atomic E-state index is 6.14. The monoisotopic (exact) mass is 329 g/mol. The van der Waals surface area contributed by atoms with Crippen LogP contribution in [0.25, 0.3) is 21.9 Å². The normalized spacial score (nSPS) is 11.6. The van der Waals surface area contributed by atoms with Crippen molar-refractivity contribution in [3.05, 3.63) is 45.3 Å². The molecule has 0 amide bonds. The minimum atomic E-state index is 0.665. The van der Waals surface area contributed by atoms with Crippen molar-refractivity contribution in [2.45, 2.75) is 13.3 Å². The van der Waals surface area contributed by atoms with E-state index in [2.05, 4.69) is 19.7 Å². The van der Waals surface area contributed by atoms with E-state index in [1.54, 1.807) is 17.5 Å².